The lowest BCUT2D eigenvalue weighted by Gasteiger charge is -2.26. The van der Waals surface area contributed by atoms with Crippen LogP contribution in [0, 0.1) is 6.92 Å². The second kappa shape index (κ2) is 6.27. The van der Waals surface area contributed by atoms with E-state index in [1.165, 1.54) is 22.3 Å². The van der Waals surface area contributed by atoms with E-state index >= 15 is 0 Å². The molecule has 3 nitrogen and oxygen atoms in total. The Hall–Kier alpha value is -1.87. The van der Waals surface area contributed by atoms with Crippen molar-refractivity contribution in [2.45, 2.75) is 32.7 Å². The fourth-order valence-corrected chi connectivity index (χ4v) is 3.01. The number of nitrogens with zero attached hydrogens (tertiary/aromatic N) is 1. The van der Waals surface area contributed by atoms with Gasteiger partial charge in [-0.15, -0.1) is 0 Å². The molecule has 1 unspecified atom stereocenters. The van der Waals surface area contributed by atoms with Crippen molar-refractivity contribution in [3.8, 4) is 5.75 Å². The van der Waals surface area contributed by atoms with Gasteiger partial charge in [-0.05, 0) is 49.1 Å². The number of pyridine rings is 1. The Morgan fingerprint density at radius 2 is 2.19 bits per heavy atom. The summed E-state index contributed by atoms with van der Waals surface area (Å²) in [4.78, 5) is 4.31. The molecule has 1 aromatic carbocycles. The Morgan fingerprint density at radius 3 is 3.00 bits per heavy atom. The van der Waals surface area contributed by atoms with Gasteiger partial charge < -0.3 is 10.1 Å². The van der Waals surface area contributed by atoms with Gasteiger partial charge in [0, 0.05) is 18.0 Å². The normalized spacial score (nSPS) is 15.1. The molecule has 0 bridgehead atoms. The van der Waals surface area contributed by atoms with E-state index in [0.29, 0.717) is 0 Å². The zero-order valence-electron chi connectivity index (χ0n) is 12.7. The molecule has 2 heterocycles. The Kier molecular flexibility index (Phi) is 4.20. The van der Waals surface area contributed by atoms with E-state index in [4.69, 9.17) is 4.74 Å². The van der Waals surface area contributed by atoms with Gasteiger partial charge in [-0.3, -0.25) is 4.98 Å². The van der Waals surface area contributed by atoms with Gasteiger partial charge in [-0.25, -0.2) is 0 Å². The molecule has 1 N–H and O–H groups in total. The van der Waals surface area contributed by atoms with Crippen molar-refractivity contribution in [3.63, 3.8) is 0 Å². The monoisotopic (exact) mass is 282 g/mol. The molecule has 0 aliphatic carbocycles. The SMILES string of the molecule is CCNC(c1cnccc1C)c1cccc2c1OCCC2. The number of hydrogen-bond acceptors (Lipinski definition) is 3. The predicted molar refractivity (Wildman–Crippen MR) is 84.8 cm³/mol. The molecule has 0 radical (unpaired) electrons. The van der Waals surface area contributed by atoms with Gasteiger partial charge >= 0.3 is 0 Å². The highest BCUT2D eigenvalue weighted by molar-refractivity contribution is 5.48. The quantitative estimate of drug-likeness (QED) is 0.933. The molecular formula is C18H22N2O. The Morgan fingerprint density at radius 1 is 1.29 bits per heavy atom. The van der Waals surface area contributed by atoms with Gasteiger partial charge in [0.1, 0.15) is 5.75 Å². The molecule has 0 amide bonds. The second-order valence-electron chi connectivity index (χ2n) is 5.51. The maximum atomic E-state index is 5.98. The summed E-state index contributed by atoms with van der Waals surface area (Å²) in [6, 6.07) is 8.69. The van der Waals surface area contributed by atoms with Gasteiger partial charge in [0.2, 0.25) is 0 Å². The van der Waals surface area contributed by atoms with Crippen LogP contribution in [0.4, 0.5) is 0 Å². The molecule has 3 rings (SSSR count). The van der Waals surface area contributed by atoms with E-state index in [9.17, 15) is 0 Å². The molecule has 0 fully saturated rings. The van der Waals surface area contributed by atoms with Crippen LogP contribution in [0.1, 0.15) is 41.6 Å². The standard InChI is InChI=1S/C18H22N2O/c1-3-20-17(16-12-19-10-9-13(16)2)15-8-4-6-14-7-5-11-21-18(14)15/h4,6,8-10,12,17,20H,3,5,7,11H2,1-2H3. The molecule has 110 valence electrons. The minimum Gasteiger partial charge on any atom is -0.493 e. The van der Waals surface area contributed by atoms with Crippen LogP contribution in [-0.4, -0.2) is 18.1 Å². The Labute approximate surface area is 126 Å². The summed E-state index contributed by atoms with van der Waals surface area (Å²) in [5, 5.41) is 3.59. The lowest BCUT2D eigenvalue weighted by atomic mass is 9.92. The average molecular weight is 282 g/mol. The van der Waals surface area contributed by atoms with E-state index in [1.54, 1.807) is 0 Å². The van der Waals surface area contributed by atoms with E-state index < -0.39 is 0 Å². The van der Waals surface area contributed by atoms with Gasteiger partial charge in [0.05, 0.1) is 12.6 Å². The van der Waals surface area contributed by atoms with E-state index in [2.05, 4.69) is 48.4 Å². The van der Waals surface area contributed by atoms with Gasteiger partial charge in [0.25, 0.3) is 0 Å². The molecule has 0 saturated heterocycles. The van der Waals surface area contributed by atoms with Gasteiger partial charge in [-0.1, -0.05) is 25.1 Å². The largest absolute Gasteiger partial charge is 0.493 e. The van der Waals surface area contributed by atoms with Crippen LogP contribution in [0.3, 0.4) is 0 Å². The minimum atomic E-state index is 0.136. The third-order valence-corrected chi connectivity index (χ3v) is 4.07. The summed E-state index contributed by atoms with van der Waals surface area (Å²) in [5.74, 6) is 1.07. The summed E-state index contributed by atoms with van der Waals surface area (Å²) in [5.41, 5.74) is 5.03. The van der Waals surface area contributed by atoms with Crippen molar-refractivity contribution in [2.24, 2.45) is 0 Å². The van der Waals surface area contributed by atoms with E-state index in [0.717, 1.165) is 31.7 Å². The van der Waals surface area contributed by atoms with Crippen LogP contribution in [0.15, 0.2) is 36.7 Å². The first-order valence-corrected chi connectivity index (χ1v) is 7.69. The first-order chi connectivity index (χ1) is 10.3. The number of aryl methyl sites for hydroxylation is 2. The van der Waals surface area contributed by atoms with Crippen molar-refractivity contribution < 1.29 is 4.74 Å². The third-order valence-electron chi connectivity index (χ3n) is 4.07. The fraction of sp³-hybridized carbons (Fsp3) is 0.389. The van der Waals surface area contributed by atoms with Crippen molar-refractivity contribution in [1.29, 1.82) is 0 Å². The summed E-state index contributed by atoms with van der Waals surface area (Å²) >= 11 is 0. The fourth-order valence-electron chi connectivity index (χ4n) is 3.01. The number of aromatic nitrogens is 1. The predicted octanol–water partition coefficient (Wildman–Crippen LogP) is 3.41. The maximum absolute atomic E-state index is 5.98. The first kappa shape index (κ1) is 14.1. The molecule has 1 aromatic heterocycles. The maximum Gasteiger partial charge on any atom is 0.127 e. The van der Waals surface area contributed by atoms with Gasteiger partial charge in [-0.2, -0.15) is 0 Å². The van der Waals surface area contributed by atoms with Crippen molar-refractivity contribution >= 4 is 0 Å². The van der Waals surface area contributed by atoms with E-state index in [-0.39, 0.29) is 6.04 Å². The van der Waals surface area contributed by atoms with Crippen molar-refractivity contribution in [1.82, 2.24) is 10.3 Å². The highest BCUT2D eigenvalue weighted by atomic mass is 16.5. The molecule has 0 spiro atoms. The average Bonchev–Trinajstić information content (AvgIpc) is 2.53. The number of benzene rings is 1. The van der Waals surface area contributed by atoms with Gasteiger partial charge in [0.15, 0.2) is 0 Å². The summed E-state index contributed by atoms with van der Waals surface area (Å²) in [7, 11) is 0. The summed E-state index contributed by atoms with van der Waals surface area (Å²) < 4.78 is 5.98. The number of rotatable bonds is 4. The number of hydrogen-bond donors (Lipinski definition) is 1. The Balaban J connectivity index is 2.08. The van der Waals surface area contributed by atoms with Crippen LogP contribution in [0.5, 0.6) is 5.75 Å². The first-order valence-electron chi connectivity index (χ1n) is 7.69. The topological polar surface area (TPSA) is 34.2 Å². The molecule has 1 atom stereocenters. The number of nitrogens with one attached hydrogen (secondary N) is 1. The molecular weight excluding hydrogens is 260 g/mol. The second-order valence-corrected chi connectivity index (χ2v) is 5.51. The molecule has 21 heavy (non-hydrogen) atoms. The molecule has 0 saturated carbocycles. The minimum absolute atomic E-state index is 0.136. The number of ether oxygens (including phenoxy) is 1. The zero-order chi connectivity index (χ0) is 14.7. The third kappa shape index (κ3) is 2.79. The smallest absolute Gasteiger partial charge is 0.127 e. The van der Waals surface area contributed by atoms with Crippen LogP contribution in [0.25, 0.3) is 0 Å². The van der Waals surface area contributed by atoms with Crippen LogP contribution in [0.2, 0.25) is 0 Å². The summed E-state index contributed by atoms with van der Waals surface area (Å²) in [6.07, 6.45) is 6.02. The lowest BCUT2D eigenvalue weighted by Crippen LogP contribution is -2.24. The van der Waals surface area contributed by atoms with Crippen molar-refractivity contribution in [3.05, 3.63) is 58.9 Å². The number of fused-ring (bicyclic) bond motifs is 1. The highest BCUT2D eigenvalue weighted by Crippen LogP contribution is 2.36. The van der Waals surface area contributed by atoms with Crippen LogP contribution < -0.4 is 10.1 Å². The van der Waals surface area contributed by atoms with Crippen LogP contribution >= 0.6 is 0 Å². The molecule has 2 aromatic rings. The highest BCUT2D eigenvalue weighted by Gasteiger charge is 2.22. The number of para-hydroxylation sites is 1. The van der Waals surface area contributed by atoms with E-state index in [1.807, 2.05) is 12.4 Å². The lowest BCUT2D eigenvalue weighted by molar-refractivity contribution is 0.283. The molecule has 3 heteroatoms. The van der Waals surface area contributed by atoms with Crippen LogP contribution in [-0.2, 0) is 6.42 Å². The zero-order valence-corrected chi connectivity index (χ0v) is 12.7. The Bertz CT molecular complexity index is 624. The molecule has 1 aliphatic rings. The summed E-state index contributed by atoms with van der Waals surface area (Å²) in [6.45, 7) is 5.99. The van der Waals surface area contributed by atoms with Crippen molar-refractivity contribution in [2.75, 3.05) is 13.2 Å². The molecule has 1 aliphatic heterocycles.